The summed E-state index contributed by atoms with van der Waals surface area (Å²) >= 11 is 0. The second-order valence-corrected chi connectivity index (χ2v) is 13.9. The molecule has 0 unspecified atom stereocenters. The molecule has 1 aliphatic rings. The molecule has 2 heterocycles. The molecule has 1 saturated heterocycles. The van der Waals surface area contributed by atoms with Crippen LogP contribution in [0.15, 0.2) is 90.0 Å². The average molecular weight is 668 g/mol. The van der Waals surface area contributed by atoms with Gasteiger partial charge in [0.1, 0.15) is 0 Å². The van der Waals surface area contributed by atoms with E-state index in [1.165, 1.54) is 12.1 Å². The second-order valence-electron chi connectivity index (χ2n) is 10.7. The van der Waals surface area contributed by atoms with Crippen LogP contribution in [0.4, 0.5) is 23.0 Å². The molecule has 0 bridgehead atoms. The molecule has 46 heavy (non-hydrogen) atoms. The van der Waals surface area contributed by atoms with E-state index in [0.717, 1.165) is 60.4 Å². The molecule has 3 aromatic carbocycles. The molecular weight excluding hydrogens is 631 g/mol. The van der Waals surface area contributed by atoms with Crippen LogP contribution < -0.4 is 14.9 Å². The third-order valence-electron chi connectivity index (χ3n) is 7.06. The number of carbonyl (C=O) groups is 1. The quantitative estimate of drug-likeness (QED) is 0.157. The number of hydrogen-bond donors (Lipinski definition) is 3. The molecule has 1 fully saturated rings. The van der Waals surface area contributed by atoms with Gasteiger partial charge in [-0.15, -0.1) is 0 Å². The molecule has 14 heteroatoms. The maximum atomic E-state index is 12.0. The molecule has 0 amide bonds. The number of piperidine rings is 1. The number of benzene rings is 3. The van der Waals surface area contributed by atoms with Crippen LogP contribution in [0.2, 0.25) is 0 Å². The fourth-order valence-electron chi connectivity index (χ4n) is 4.73. The first kappa shape index (κ1) is 34.3. The molecule has 0 radical (unpaired) electrons. The smallest absolute Gasteiger partial charge is 0.309 e. The number of sulfonamides is 1. The standard InChI is InChI=1S/C25H29N5O4S.C7H8O3S/c1-3-34-24(31)19-13-16-30(17-14-19)22-10-8-20(9-11-22)27-25-26-15-12-23(28-25)18-4-6-21(7-5-18)29-35(2,32)33;1-6-2-4-7(5-3-6)11(8,9)10/h4-12,15,19,29H,3,13-14,16-17H2,1-2H3,(H,26,27,28);2-5H,1H3,(H,8,9,10). The summed E-state index contributed by atoms with van der Waals surface area (Å²) in [5.74, 6) is 0.364. The number of aryl methyl sites for hydroxylation is 1. The highest BCUT2D eigenvalue weighted by molar-refractivity contribution is 7.92. The first-order valence-electron chi connectivity index (χ1n) is 14.5. The lowest BCUT2D eigenvalue weighted by Gasteiger charge is -2.32. The Bertz CT molecular complexity index is 1830. The van der Waals surface area contributed by atoms with Crippen LogP contribution >= 0.6 is 0 Å². The van der Waals surface area contributed by atoms with Crippen molar-refractivity contribution in [2.75, 3.05) is 40.9 Å². The van der Waals surface area contributed by atoms with Crippen LogP contribution in [0.5, 0.6) is 0 Å². The Morgan fingerprint density at radius 3 is 2.09 bits per heavy atom. The fourth-order valence-corrected chi connectivity index (χ4v) is 5.78. The molecule has 12 nitrogen and oxygen atoms in total. The molecule has 244 valence electrons. The lowest BCUT2D eigenvalue weighted by atomic mass is 9.96. The highest BCUT2D eigenvalue weighted by atomic mass is 32.2. The van der Waals surface area contributed by atoms with Crippen LogP contribution in [0.25, 0.3) is 11.3 Å². The number of nitrogens with zero attached hydrogens (tertiary/aromatic N) is 3. The van der Waals surface area contributed by atoms with Crippen molar-refractivity contribution in [3.05, 3.63) is 90.6 Å². The second kappa shape index (κ2) is 15.2. The van der Waals surface area contributed by atoms with Crippen molar-refractivity contribution < 1.29 is 30.9 Å². The lowest BCUT2D eigenvalue weighted by molar-refractivity contribution is -0.148. The predicted molar refractivity (Wildman–Crippen MR) is 178 cm³/mol. The van der Waals surface area contributed by atoms with Gasteiger partial charge >= 0.3 is 5.97 Å². The van der Waals surface area contributed by atoms with Gasteiger partial charge in [-0.2, -0.15) is 8.42 Å². The molecule has 0 saturated carbocycles. The molecule has 1 aliphatic heterocycles. The third-order valence-corrected chi connectivity index (χ3v) is 8.54. The Balaban J connectivity index is 0.000000369. The van der Waals surface area contributed by atoms with Gasteiger partial charge in [-0.3, -0.25) is 14.1 Å². The van der Waals surface area contributed by atoms with Crippen LogP contribution in [-0.2, 0) is 29.7 Å². The van der Waals surface area contributed by atoms with E-state index in [1.807, 2.05) is 38.1 Å². The van der Waals surface area contributed by atoms with E-state index in [0.29, 0.717) is 18.2 Å². The Hall–Kier alpha value is -4.53. The summed E-state index contributed by atoms with van der Waals surface area (Å²) in [6, 6.07) is 22.8. The molecular formula is C32H37N5O7S2. The van der Waals surface area contributed by atoms with Crippen molar-refractivity contribution in [1.82, 2.24) is 9.97 Å². The first-order valence-corrected chi connectivity index (χ1v) is 17.9. The van der Waals surface area contributed by atoms with Crippen molar-refractivity contribution >= 4 is 49.1 Å². The van der Waals surface area contributed by atoms with Gasteiger partial charge in [-0.05, 0) is 81.3 Å². The molecule has 0 spiro atoms. The lowest BCUT2D eigenvalue weighted by Crippen LogP contribution is -2.36. The van der Waals surface area contributed by atoms with E-state index < -0.39 is 20.1 Å². The summed E-state index contributed by atoms with van der Waals surface area (Å²) < 4.78 is 59.9. The summed E-state index contributed by atoms with van der Waals surface area (Å²) in [4.78, 5) is 23.1. The van der Waals surface area contributed by atoms with Crippen molar-refractivity contribution in [1.29, 1.82) is 0 Å². The minimum atomic E-state index is -4.02. The Labute approximate surface area is 269 Å². The predicted octanol–water partition coefficient (Wildman–Crippen LogP) is 5.28. The van der Waals surface area contributed by atoms with E-state index in [-0.39, 0.29) is 16.8 Å². The van der Waals surface area contributed by atoms with Gasteiger partial charge in [-0.25, -0.2) is 18.4 Å². The largest absolute Gasteiger partial charge is 0.466 e. The van der Waals surface area contributed by atoms with Crippen LogP contribution in [0, 0.1) is 12.8 Å². The monoisotopic (exact) mass is 667 g/mol. The van der Waals surface area contributed by atoms with Crippen LogP contribution in [-0.4, -0.2) is 63.3 Å². The summed E-state index contributed by atoms with van der Waals surface area (Å²) in [6.45, 7) is 5.74. The topological polar surface area (TPSA) is 168 Å². The van der Waals surface area contributed by atoms with E-state index >= 15 is 0 Å². The number of anilines is 4. The molecule has 0 aliphatic carbocycles. The zero-order valence-electron chi connectivity index (χ0n) is 25.8. The normalized spacial score (nSPS) is 13.7. The van der Waals surface area contributed by atoms with Crippen molar-refractivity contribution in [2.45, 2.75) is 31.6 Å². The summed E-state index contributed by atoms with van der Waals surface area (Å²) in [5, 5.41) is 3.23. The van der Waals surface area contributed by atoms with Gasteiger partial charge in [0, 0.05) is 41.9 Å². The van der Waals surface area contributed by atoms with E-state index in [2.05, 4.69) is 24.9 Å². The molecule has 1 aromatic heterocycles. The van der Waals surface area contributed by atoms with Gasteiger partial charge in [0.15, 0.2) is 0 Å². The maximum absolute atomic E-state index is 12.0. The summed E-state index contributed by atoms with van der Waals surface area (Å²) in [5.41, 5.74) is 4.98. The van der Waals surface area contributed by atoms with Crippen molar-refractivity contribution in [3.63, 3.8) is 0 Å². The van der Waals surface area contributed by atoms with Gasteiger partial charge in [0.05, 0.1) is 29.4 Å². The minimum absolute atomic E-state index is 0.0104. The van der Waals surface area contributed by atoms with E-state index in [9.17, 15) is 21.6 Å². The summed E-state index contributed by atoms with van der Waals surface area (Å²) in [7, 11) is -7.34. The molecule has 3 N–H and O–H groups in total. The van der Waals surface area contributed by atoms with Crippen molar-refractivity contribution in [3.8, 4) is 11.3 Å². The third kappa shape index (κ3) is 10.3. The number of aromatic nitrogens is 2. The fraction of sp³-hybridized carbons (Fsp3) is 0.281. The zero-order valence-corrected chi connectivity index (χ0v) is 27.4. The molecule has 5 rings (SSSR count). The van der Waals surface area contributed by atoms with Crippen LogP contribution in [0.1, 0.15) is 25.3 Å². The Kier molecular flexibility index (Phi) is 11.3. The van der Waals surface area contributed by atoms with Gasteiger partial charge in [-0.1, -0.05) is 29.8 Å². The number of rotatable bonds is 9. The SMILES string of the molecule is CCOC(=O)C1CCN(c2ccc(Nc3nccc(-c4ccc(NS(C)(=O)=O)cc4)n3)cc2)CC1.Cc1ccc(S(=O)(=O)O)cc1. The number of ether oxygens (including phenoxy) is 1. The number of carbonyl (C=O) groups excluding carboxylic acids is 1. The van der Waals surface area contributed by atoms with E-state index in [1.54, 1.807) is 48.7 Å². The Morgan fingerprint density at radius 1 is 0.913 bits per heavy atom. The minimum Gasteiger partial charge on any atom is -0.466 e. The summed E-state index contributed by atoms with van der Waals surface area (Å²) in [6.07, 6.45) is 4.38. The van der Waals surface area contributed by atoms with E-state index in [4.69, 9.17) is 9.29 Å². The Morgan fingerprint density at radius 2 is 1.52 bits per heavy atom. The molecule has 4 aromatic rings. The highest BCUT2D eigenvalue weighted by Gasteiger charge is 2.26. The number of esters is 1. The van der Waals surface area contributed by atoms with Gasteiger partial charge in [0.2, 0.25) is 16.0 Å². The molecule has 0 atom stereocenters. The number of hydrogen-bond acceptors (Lipinski definition) is 10. The first-order chi connectivity index (χ1) is 21.8. The van der Waals surface area contributed by atoms with Crippen LogP contribution in [0.3, 0.4) is 0 Å². The average Bonchev–Trinajstić information content (AvgIpc) is 3.01. The maximum Gasteiger partial charge on any atom is 0.309 e. The van der Waals surface area contributed by atoms with Crippen molar-refractivity contribution in [2.24, 2.45) is 5.92 Å². The number of nitrogens with one attached hydrogen (secondary N) is 2. The zero-order chi connectivity index (χ0) is 33.3. The highest BCUT2D eigenvalue weighted by Crippen LogP contribution is 2.27. The van der Waals surface area contributed by atoms with Gasteiger partial charge < -0.3 is 15.0 Å². The van der Waals surface area contributed by atoms with Gasteiger partial charge in [0.25, 0.3) is 10.1 Å².